The molecule has 0 radical (unpaired) electrons. The number of rotatable bonds is 4. The molecule has 122 valence electrons. The Morgan fingerprint density at radius 2 is 1.78 bits per heavy atom. The van der Waals surface area contributed by atoms with Gasteiger partial charge in [0.25, 0.3) is 0 Å². The number of carbonyl (C=O) groups is 1. The molecule has 0 unspecified atom stereocenters. The molecular weight excluding hydrogens is 319 g/mol. The lowest BCUT2D eigenvalue weighted by molar-refractivity contribution is 0.0598. The molecule has 0 aliphatic heterocycles. The number of halogens is 1. The Bertz CT molecular complexity index is 840. The van der Waals surface area contributed by atoms with Crippen LogP contribution in [0, 0.1) is 6.92 Å². The number of aryl methyl sites for hydroxylation is 1. The van der Waals surface area contributed by atoms with Crippen LogP contribution in [0.1, 0.15) is 21.5 Å². The number of ether oxygens (including phenoxy) is 1. The van der Waals surface area contributed by atoms with Gasteiger partial charge in [0.1, 0.15) is 6.67 Å². The average Bonchev–Trinajstić information content (AvgIpc) is 2.52. The van der Waals surface area contributed by atoms with E-state index in [4.69, 9.17) is 0 Å². The van der Waals surface area contributed by atoms with E-state index < -0.39 is 22.5 Å². The smallest absolute Gasteiger partial charge is 0.338 e. The summed E-state index contributed by atoms with van der Waals surface area (Å²) in [6.07, 6.45) is 1.05. The number of methoxy groups -OCH3 is 1. The van der Waals surface area contributed by atoms with E-state index in [1.54, 1.807) is 12.1 Å². The van der Waals surface area contributed by atoms with Crippen molar-refractivity contribution >= 4 is 15.8 Å². The van der Waals surface area contributed by atoms with Gasteiger partial charge in [-0.05, 0) is 30.2 Å². The highest BCUT2D eigenvalue weighted by atomic mass is 32.2. The van der Waals surface area contributed by atoms with Gasteiger partial charge in [-0.3, -0.25) is 0 Å². The summed E-state index contributed by atoms with van der Waals surface area (Å²) in [5, 5.41) is 0. The molecular formula is C17H17FO4S. The van der Waals surface area contributed by atoms with Crippen LogP contribution in [0.25, 0.3) is 11.1 Å². The molecule has 0 fully saturated rings. The molecule has 0 aromatic heterocycles. The quantitative estimate of drug-likeness (QED) is 0.804. The van der Waals surface area contributed by atoms with Crippen molar-refractivity contribution in [2.75, 3.05) is 13.4 Å². The summed E-state index contributed by atoms with van der Waals surface area (Å²) in [7, 11) is -2.45. The van der Waals surface area contributed by atoms with Crippen LogP contribution < -0.4 is 0 Å². The number of sulfone groups is 1. The molecule has 6 heteroatoms. The van der Waals surface area contributed by atoms with Crippen molar-refractivity contribution in [1.82, 2.24) is 0 Å². The van der Waals surface area contributed by atoms with Crippen LogP contribution in [0.4, 0.5) is 4.39 Å². The molecule has 0 aliphatic rings. The first-order valence-electron chi connectivity index (χ1n) is 6.86. The standard InChI is InChI=1S/C17H17FO4S/c1-11-4-6-12(7-5-11)14-8-13(10-18)15(17(19)22-2)9-16(14)23(3,20)21/h4-9H,10H2,1-3H3. The summed E-state index contributed by atoms with van der Waals surface area (Å²) < 4.78 is 42.1. The van der Waals surface area contributed by atoms with E-state index in [0.29, 0.717) is 11.1 Å². The molecule has 2 aromatic rings. The SMILES string of the molecule is COC(=O)c1cc(S(C)(=O)=O)c(-c2ccc(C)cc2)cc1CF. The van der Waals surface area contributed by atoms with E-state index in [1.165, 1.54) is 19.2 Å². The van der Waals surface area contributed by atoms with Crippen LogP contribution in [0.15, 0.2) is 41.3 Å². The molecule has 0 saturated carbocycles. The second-order valence-electron chi connectivity index (χ2n) is 5.27. The molecule has 2 rings (SSSR count). The van der Waals surface area contributed by atoms with E-state index in [2.05, 4.69) is 4.74 Å². The summed E-state index contributed by atoms with van der Waals surface area (Å²) in [6, 6.07) is 9.78. The normalized spacial score (nSPS) is 11.3. The zero-order valence-electron chi connectivity index (χ0n) is 13.1. The second kappa shape index (κ2) is 6.50. The van der Waals surface area contributed by atoms with E-state index in [9.17, 15) is 17.6 Å². The van der Waals surface area contributed by atoms with E-state index in [-0.39, 0.29) is 16.0 Å². The van der Waals surface area contributed by atoms with Crippen molar-refractivity contribution in [3.8, 4) is 11.1 Å². The molecule has 0 atom stereocenters. The van der Waals surface area contributed by atoms with E-state index in [1.807, 2.05) is 19.1 Å². The zero-order chi connectivity index (χ0) is 17.2. The van der Waals surface area contributed by atoms with Crippen molar-refractivity contribution in [3.05, 3.63) is 53.1 Å². The van der Waals surface area contributed by atoms with Gasteiger partial charge in [0.05, 0.1) is 17.6 Å². The fourth-order valence-corrected chi connectivity index (χ4v) is 3.21. The van der Waals surface area contributed by atoms with Crippen LogP contribution in [0.2, 0.25) is 0 Å². The maximum absolute atomic E-state index is 13.3. The molecule has 0 aliphatic carbocycles. The molecule has 4 nitrogen and oxygen atoms in total. The Balaban J connectivity index is 2.79. The monoisotopic (exact) mass is 336 g/mol. The number of alkyl halides is 1. The molecule has 0 heterocycles. The van der Waals surface area contributed by atoms with E-state index >= 15 is 0 Å². The highest BCUT2D eigenvalue weighted by Crippen LogP contribution is 2.31. The van der Waals surface area contributed by atoms with Gasteiger partial charge in [-0.2, -0.15) is 0 Å². The topological polar surface area (TPSA) is 60.4 Å². The van der Waals surface area contributed by atoms with Crippen molar-refractivity contribution in [2.24, 2.45) is 0 Å². The van der Waals surface area contributed by atoms with Crippen LogP contribution in [0.5, 0.6) is 0 Å². The Labute approximate surface area is 134 Å². The zero-order valence-corrected chi connectivity index (χ0v) is 13.9. The first-order valence-corrected chi connectivity index (χ1v) is 8.75. The Morgan fingerprint density at radius 3 is 2.26 bits per heavy atom. The Morgan fingerprint density at radius 1 is 1.17 bits per heavy atom. The molecule has 0 saturated heterocycles. The predicted molar refractivity (Wildman–Crippen MR) is 85.9 cm³/mol. The lowest BCUT2D eigenvalue weighted by Gasteiger charge is -2.13. The molecule has 0 N–H and O–H groups in total. The van der Waals surface area contributed by atoms with E-state index in [0.717, 1.165) is 11.8 Å². The molecule has 0 bridgehead atoms. The molecule has 23 heavy (non-hydrogen) atoms. The minimum Gasteiger partial charge on any atom is -0.465 e. The lowest BCUT2D eigenvalue weighted by Crippen LogP contribution is -2.09. The van der Waals surface area contributed by atoms with Gasteiger partial charge in [-0.15, -0.1) is 0 Å². The first kappa shape index (κ1) is 17.1. The minimum absolute atomic E-state index is 0.0287. The van der Waals surface area contributed by atoms with Crippen molar-refractivity contribution < 1.29 is 22.3 Å². The van der Waals surface area contributed by atoms with Crippen LogP contribution in [-0.4, -0.2) is 27.8 Å². The lowest BCUT2D eigenvalue weighted by atomic mass is 9.98. The van der Waals surface area contributed by atoms with Gasteiger partial charge < -0.3 is 4.74 Å². The maximum Gasteiger partial charge on any atom is 0.338 e. The third-order valence-electron chi connectivity index (χ3n) is 3.52. The third-order valence-corrected chi connectivity index (χ3v) is 4.65. The summed E-state index contributed by atoms with van der Waals surface area (Å²) >= 11 is 0. The van der Waals surface area contributed by atoms with Gasteiger partial charge in [0.2, 0.25) is 0 Å². The molecule has 2 aromatic carbocycles. The fourth-order valence-electron chi connectivity index (χ4n) is 2.30. The summed E-state index contributed by atoms with van der Waals surface area (Å²) in [4.78, 5) is 11.8. The Kier molecular flexibility index (Phi) is 4.85. The minimum atomic E-state index is -3.61. The number of hydrogen-bond donors (Lipinski definition) is 0. The second-order valence-corrected chi connectivity index (χ2v) is 7.25. The van der Waals surface area contributed by atoms with Gasteiger partial charge >= 0.3 is 5.97 Å². The van der Waals surface area contributed by atoms with Gasteiger partial charge in [0, 0.05) is 11.8 Å². The summed E-state index contributed by atoms with van der Waals surface area (Å²) in [5.41, 5.74) is 2.05. The number of carbonyl (C=O) groups excluding carboxylic acids is 1. The highest BCUT2D eigenvalue weighted by molar-refractivity contribution is 7.90. The van der Waals surface area contributed by atoms with Gasteiger partial charge in [-0.1, -0.05) is 29.8 Å². The molecule has 0 amide bonds. The van der Waals surface area contributed by atoms with Gasteiger partial charge in [0.15, 0.2) is 9.84 Å². The predicted octanol–water partition coefficient (Wildman–Crippen LogP) is 3.32. The number of esters is 1. The van der Waals surface area contributed by atoms with Crippen molar-refractivity contribution in [2.45, 2.75) is 18.5 Å². The fraction of sp³-hybridized carbons (Fsp3) is 0.235. The van der Waals surface area contributed by atoms with Gasteiger partial charge in [-0.25, -0.2) is 17.6 Å². The highest BCUT2D eigenvalue weighted by Gasteiger charge is 2.22. The summed E-state index contributed by atoms with van der Waals surface area (Å²) in [6.45, 7) is 1.02. The van der Waals surface area contributed by atoms with Crippen LogP contribution in [-0.2, 0) is 21.2 Å². The third kappa shape index (κ3) is 3.59. The van der Waals surface area contributed by atoms with Crippen LogP contribution >= 0.6 is 0 Å². The number of hydrogen-bond acceptors (Lipinski definition) is 4. The average molecular weight is 336 g/mol. The van der Waals surface area contributed by atoms with Crippen molar-refractivity contribution in [1.29, 1.82) is 0 Å². The Hall–Kier alpha value is -2.21. The summed E-state index contributed by atoms with van der Waals surface area (Å²) in [5.74, 6) is -0.766. The molecule has 0 spiro atoms. The largest absolute Gasteiger partial charge is 0.465 e. The van der Waals surface area contributed by atoms with Crippen LogP contribution in [0.3, 0.4) is 0 Å². The number of benzene rings is 2. The van der Waals surface area contributed by atoms with Crippen molar-refractivity contribution in [3.63, 3.8) is 0 Å². The maximum atomic E-state index is 13.3. The first-order chi connectivity index (χ1) is 10.8.